The molecule has 0 radical (unpaired) electrons. The van der Waals surface area contributed by atoms with Crippen molar-refractivity contribution in [2.75, 3.05) is 5.32 Å². The molecule has 0 saturated heterocycles. The number of carbonyl (C=O) groups is 1. The molecule has 0 unspecified atom stereocenters. The van der Waals surface area contributed by atoms with Crippen molar-refractivity contribution >= 4 is 22.9 Å². The molecular weight excluding hydrogens is 280 g/mol. The fourth-order valence-electron chi connectivity index (χ4n) is 2.07. The highest BCUT2D eigenvalue weighted by Crippen LogP contribution is 2.20. The number of rotatable bonds is 4. The Morgan fingerprint density at radius 2 is 1.71 bits per heavy atom. The lowest BCUT2D eigenvalue weighted by atomic mass is 10.1. The van der Waals surface area contributed by atoms with Crippen LogP contribution in [0.3, 0.4) is 0 Å². The highest BCUT2D eigenvalue weighted by atomic mass is 32.1. The second kappa shape index (κ2) is 6.33. The summed E-state index contributed by atoms with van der Waals surface area (Å²) in [5, 5.41) is 4.89. The Balaban J connectivity index is 1.66. The minimum Gasteiger partial charge on any atom is -0.326 e. The van der Waals surface area contributed by atoms with E-state index in [1.165, 1.54) is 0 Å². The number of aromatic nitrogens is 1. The molecule has 104 valence electrons. The summed E-state index contributed by atoms with van der Waals surface area (Å²) < 4.78 is 0. The third-order valence-electron chi connectivity index (χ3n) is 3.10. The van der Waals surface area contributed by atoms with Crippen LogP contribution in [0.5, 0.6) is 0 Å². The fourth-order valence-corrected chi connectivity index (χ4v) is 2.77. The number of hydrogen-bond donors (Lipinski definition) is 1. The average molecular weight is 294 g/mol. The zero-order valence-corrected chi connectivity index (χ0v) is 12.1. The molecule has 1 N–H and O–H groups in total. The summed E-state index contributed by atoms with van der Waals surface area (Å²) in [6.45, 7) is 0. The van der Waals surface area contributed by atoms with Crippen molar-refractivity contribution in [3.05, 3.63) is 71.2 Å². The number of carbonyl (C=O) groups excluding carboxylic acids is 1. The second-order valence-electron chi connectivity index (χ2n) is 4.62. The number of pyridine rings is 1. The minimum atomic E-state index is 0.00844. The predicted molar refractivity (Wildman–Crippen MR) is 86.3 cm³/mol. The highest BCUT2D eigenvalue weighted by Gasteiger charge is 2.05. The normalized spacial score (nSPS) is 10.3. The van der Waals surface area contributed by atoms with Crippen LogP contribution in [-0.4, -0.2) is 10.9 Å². The van der Waals surface area contributed by atoms with Gasteiger partial charge < -0.3 is 5.32 Å². The lowest BCUT2D eigenvalue weighted by molar-refractivity contribution is -0.115. The number of amides is 1. The third kappa shape index (κ3) is 3.55. The molecule has 0 atom stereocenters. The van der Waals surface area contributed by atoms with Crippen LogP contribution in [0, 0.1) is 0 Å². The Bertz CT molecular complexity index is 706. The van der Waals surface area contributed by atoms with E-state index in [9.17, 15) is 4.79 Å². The van der Waals surface area contributed by atoms with E-state index in [-0.39, 0.29) is 5.91 Å². The molecular formula is C17H14N2OS. The monoisotopic (exact) mass is 294 g/mol. The van der Waals surface area contributed by atoms with Gasteiger partial charge in [-0.2, -0.15) is 0 Å². The topological polar surface area (TPSA) is 42.0 Å². The zero-order chi connectivity index (χ0) is 14.5. The third-order valence-corrected chi connectivity index (χ3v) is 3.97. The van der Waals surface area contributed by atoms with E-state index >= 15 is 0 Å². The van der Waals surface area contributed by atoms with Crippen molar-refractivity contribution in [2.45, 2.75) is 6.42 Å². The molecule has 4 heteroatoms. The van der Waals surface area contributed by atoms with Gasteiger partial charge in [-0.25, -0.2) is 0 Å². The van der Waals surface area contributed by atoms with Gasteiger partial charge in [0.1, 0.15) is 0 Å². The Hall–Kier alpha value is -2.46. The number of hydrogen-bond acceptors (Lipinski definition) is 3. The van der Waals surface area contributed by atoms with Crippen LogP contribution >= 0.6 is 11.3 Å². The highest BCUT2D eigenvalue weighted by molar-refractivity contribution is 7.10. The van der Waals surface area contributed by atoms with Gasteiger partial charge in [-0.15, -0.1) is 11.3 Å². The van der Waals surface area contributed by atoms with Crippen LogP contribution in [0.15, 0.2) is 66.3 Å². The lowest BCUT2D eigenvalue weighted by Crippen LogP contribution is -2.13. The predicted octanol–water partition coefficient (Wildman–Crippen LogP) is 3.99. The zero-order valence-electron chi connectivity index (χ0n) is 11.3. The molecule has 0 aliphatic heterocycles. The van der Waals surface area contributed by atoms with E-state index in [1.54, 1.807) is 23.7 Å². The molecule has 0 fully saturated rings. The van der Waals surface area contributed by atoms with Gasteiger partial charge in [-0.1, -0.05) is 18.2 Å². The van der Waals surface area contributed by atoms with E-state index in [1.807, 2.05) is 53.9 Å². The van der Waals surface area contributed by atoms with Crippen molar-refractivity contribution in [1.29, 1.82) is 0 Å². The quantitative estimate of drug-likeness (QED) is 0.790. The van der Waals surface area contributed by atoms with Crippen LogP contribution in [0.25, 0.3) is 11.1 Å². The van der Waals surface area contributed by atoms with Crippen LogP contribution in [0.4, 0.5) is 5.69 Å². The molecule has 21 heavy (non-hydrogen) atoms. The van der Waals surface area contributed by atoms with Gasteiger partial charge >= 0.3 is 0 Å². The maximum absolute atomic E-state index is 11.9. The second-order valence-corrected chi connectivity index (χ2v) is 5.65. The summed E-state index contributed by atoms with van der Waals surface area (Å²) in [6.07, 6.45) is 3.96. The van der Waals surface area contributed by atoms with Crippen molar-refractivity contribution in [2.24, 2.45) is 0 Å². The van der Waals surface area contributed by atoms with Gasteiger partial charge in [0, 0.05) is 23.0 Å². The molecule has 0 spiro atoms. The molecule has 0 saturated carbocycles. The maximum Gasteiger partial charge on any atom is 0.229 e. The fraction of sp³-hybridized carbons (Fsp3) is 0.0588. The molecule has 3 aromatic rings. The summed E-state index contributed by atoms with van der Waals surface area (Å²) in [7, 11) is 0. The van der Waals surface area contributed by atoms with Gasteiger partial charge in [0.15, 0.2) is 0 Å². The number of nitrogens with zero attached hydrogens (tertiary/aromatic N) is 1. The molecule has 1 amide bonds. The number of anilines is 1. The molecule has 0 aliphatic rings. The molecule has 3 rings (SSSR count). The summed E-state index contributed by atoms with van der Waals surface area (Å²) in [5.41, 5.74) is 3.03. The average Bonchev–Trinajstić information content (AvgIpc) is 3.02. The minimum absolute atomic E-state index is 0.00844. The van der Waals surface area contributed by atoms with Crippen molar-refractivity contribution < 1.29 is 4.79 Å². The molecule has 0 bridgehead atoms. The smallest absolute Gasteiger partial charge is 0.229 e. The molecule has 2 aromatic heterocycles. The number of benzene rings is 1. The summed E-state index contributed by atoms with van der Waals surface area (Å²) in [5.74, 6) is 0.00844. The maximum atomic E-state index is 11.9. The lowest BCUT2D eigenvalue weighted by Gasteiger charge is -2.06. The van der Waals surface area contributed by atoms with E-state index in [2.05, 4.69) is 10.3 Å². The van der Waals surface area contributed by atoms with E-state index < -0.39 is 0 Å². The Morgan fingerprint density at radius 1 is 1.00 bits per heavy atom. The van der Waals surface area contributed by atoms with Crippen LogP contribution < -0.4 is 5.32 Å². The van der Waals surface area contributed by atoms with Gasteiger partial charge in [0.05, 0.1) is 6.42 Å². The van der Waals surface area contributed by atoms with Crippen LogP contribution in [0.1, 0.15) is 4.88 Å². The van der Waals surface area contributed by atoms with Gasteiger partial charge in [0.2, 0.25) is 5.91 Å². The van der Waals surface area contributed by atoms with E-state index in [0.717, 1.165) is 21.7 Å². The molecule has 1 aromatic carbocycles. The number of nitrogens with one attached hydrogen (secondary N) is 1. The number of thiophene rings is 1. The molecule has 3 nitrogen and oxygen atoms in total. The van der Waals surface area contributed by atoms with E-state index in [4.69, 9.17) is 0 Å². The standard InChI is InChI=1S/C17H14N2OS/c20-17(12-16-2-1-11-21-16)19-15-5-3-13(4-6-15)14-7-9-18-10-8-14/h1-11H,12H2,(H,19,20). The Morgan fingerprint density at radius 3 is 2.38 bits per heavy atom. The SMILES string of the molecule is O=C(Cc1cccs1)Nc1ccc(-c2ccncc2)cc1. The van der Waals surface area contributed by atoms with E-state index in [0.29, 0.717) is 6.42 Å². The summed E-state index contributed by atoms with van der Waals surface area (Å²) in [4.78, 5) is 17.0. The van der Waals surface area contributed by atoms with Crippen LogP contribution in [-0.2, 0) is 11.2 Å². The van der Waals surface area contributed by atoms with Gasteiger partial charge in [0.25, 0.3) is 0 Å². The van der Waals surface area contributed by atoms with Crippen molar-refractivity contribution in [3.63, 3.8) is 0 Å². The summed E-state index contributed by atoms with van der Waals surface area (Å²) in [6, 6.07) is 15.7. The van der Waals surface area contributed by atoms with Crippen molar-refractivity contribution in [1.82, 2.24) is 4.98 Å². The Labute approximate surface area is 127 Å². The first-order valence-electron chi connectivity index (χ1n) is 6.64. The summed E-state index contributed by atoms with van der Waals surface area (Å²) >= 11 is 1.59. The molecule has 0 aliphatic carbocycles. The largest absolute Gasteiger partial charge is 0.326 e. The van der Waals surface area contributed by atoms with Crippen molar-refractivity contribution in [3.8, 4) is 11.1 Å². The molecule has 2 heterocycles. The first-order valence-corrected chi connectivity index (χ1v) is 7.52. The van der Waals surface area contributed by atoms with Crippen LogP contribution in [0.2, 0.25) is 0 Å². The first-order chi connectivity index (χ1) is 10.3. The van der Waals surface area contributed by atoms with Gasteiger partial charge in [-0.05, 0) is 46.8 Å². The Kier molecular flexibility index (Phi) is 4.07. The first kappa shape index (κ1) is 13.5. The van der Waals surface area contributed by atoms with Gasteiger partial charge in [-0.3, -0.25) is 9.78 Å².